The number of halogens is 1. The number of carbonyl (C=O) groups is 3. The number of thioether (sulfide) groups is 1. The number of fused-ring (bicyclic) bond motifs is 1. The van der Waals surface area contributed by atoms with Gasteiger partial charge in [-0.3, -0.25) is 14.4 Å². The van der Waals surface area contributed by atoms with E-state index in [0.29, 0.717) is 43.1 Å². The SMILES string of the molecule is C=CCCCCOC(=O)[C@@H]1[C@@H]2CCC3(S2)C(C(=O)N(CC=C)c2ccccc2Cl)N(CCCCCO)C(=O)[C@H]13. The Morgan fingerprint density at radius 2 is 1.97 bits per heavy atom. The second kappa shape index (κ2) is 13.4. The Hall–Kier alpha value is -2.29. The molecule has 3 fully saturated rings. The number of likely N-dealkylation sites (tertiary alicyclic amines) is 1. The summed E-state index contributed by atoms with van der Waals surface area (Å²) >= 11 is 8.15. The number of esters is 1. The van der Waals surface area contributed by atoms with Crippen LogP contribution in [0.5, 0.6) is 0 Å². The van der Waals surface area contributed by atoms with Gasteiger partial charge >= 0.3 is 5.97 Å². The molecule has 0 aliphatic carbocycles. The molecule has 212 valence electrons. The van der Waals surface area contributed by atoms with Crippen molar-refractivity contribution in [3.63, 3.8) is 0 Å². The molecule has 0 aromatic heterocycles. The number of ether oxygens (including phenoxy) is 1. The highest BCUT2D eigenvalue weighted by molar-refractivity contribution is 8.02. The molecule has 2 bridgehead atoms. The molecule has 39 heavy (non-hydrogen) atoms. The summed E-state index contributed by atoms with van der Waals surface area (Å²) in [6.45, 7) is 8.62. The maximum absolute atomic E-state index is 14.5. The first-order chi connectivity index (χ1) is 18.9. The first-order valence-electron chi connectivity index (χ1n) is 13.9. The van der Waals surface area contributed by atoms with E-state index in [9.17, 15) is 19.5 Å². The van der Waals surface area contributed by atoms with E-state index in [4.69, 9.17) is 16.3 Å². The quantitative estimate of drug-likeness (QED) is 0.180. The first kappa shape index (κ1) is 29.7. The zero-order chi connectivity index (χ0) is 28.0. The number of hydrogen-bond donors (Lipinski definition) is 1. The van der Waals surface area contributed by atoms with Crippen LogP contribution < -0.4 is 4.90 Å². The Morgan fingerprint density at radius 1 is 1.18 bits per heavy atom. The minimum Gasteiger partial charge on any atom is -0.465 e. The lowest BCUT2D eigenvalue weighted by Crippen LogP contribution is -2.55. The lowest BCUT2D eigenvalue weighted by atomic mass is 9.71. The molecule has 1 spiro atoms. The van der Waals surface area contributed by atoms with Crippen LogP contribution in [0.1, 0.15) is 51.4 Å². The van der Waals surface area contributed by atoms with Crippen molar-refractivity contribution in [2.45, 2.75) is 67.4 Å². The average molecular weight is 575 g/mol. The second-order valence-corrected chi connectivity index (χ2v) is 12.5. The van der Waals surface area contributed by atoms with E-state index in [0.717, 1.165) is 32.1 Å². The second-order valence-electron chi connectivity index (χ2n) is 10.5. The number of aliphatic hydroxyl groups excluding tert-OH is 1. The van der Waals surface area contributed by atoms with Gasteiger partial charge in [-0.15, -0.1) is 24.9 Å². The maximum atomic E-state index is 14.5. The number of unbranched alkanes of at least 4 members (excludes halogenated alkanes) is 4. The Balaban J connectivity index is 1.64. The third-order valence-electron chi connectivity index (χ3n) is 8.13. The fraction of sp³-hybridized carbons (Fsp3) is 0.567. The molecule has 3 aliphatic heterocycles. The van der Waals surface area contributed by atoms with Gasteiger partial charge in [0, 0.05) is 24.9 Å². The summed E-state index contributed by atoms with van der Waals surface area (Å²) in [5, 5.41) is 9.65. The molecule has 9 heteroatoms. The van der Waals surface area contributed by atoms with Crippen LogP contribution in [0.4, 0.5) is 5.69 Å². The molecule has 1 N–H and O–H groups in total. The van der Waals surface area contributed by atoms with E-state index < -0.39 is 22.6 Å². The smallest absolute Gasteiger partial charge is 0.310 e. The maximum Gasteiger partial charge on any atom is 0.310 e. The topological polar surface area (TPSA) is 87.2 Å². The number of benzene rings is 1. The average Bonchev–Trinajstić information content (AvgIpc) is 3.57. The monoisotopic (exact) mass is 574 g/mol. The summed E-state index contributed by atoms with van der Waals surface area (Å²) in [4.78, 5) is 45.2. The predicted octanol–water partition coefficient (Wildman–Crippen LogP) is 5.01. The van der Waals surface area contributed by atoms with Gasteiger partial charge in [0.25, 0.3) is 5.91 Å². The zero-order valence-electron chi connectivity index (χ0n) is 22.4. The van der Waals surface area contributed by atoms with Crippen LogP contribution in [0.3, 0.4) is 0 Å². The van der Waals surface area contributed by atoms with Gasteiger partial charge in [-0.2, -0.15) is 0 Å². The normalized spacial score (nSPS) is 26.9. The van der Waals surface area contributed by atoms with E-state index in [1.54, 1.807) is 39.8 Å². The summed E-state index contributed by atoms with van der Waals surface area (Å²) < 4.78 is 4.99. The van der Waals surface area contributed by atoms with Gasteiger partial charge < -0.3 is 19.6 Å². The predicted molar refractivity (Wildman–Crippen MR) is 156 cm³/mol. The molecule has 1 aromatic carbocycles. The fourth-order valence-corrected chi connectivity index (χ4v) is 8.86. The minimum absolute atomic E-state index is 0.0420. The Morgan fingerprint density at radius 3 is 2.69 bits per heavy atom. The van der Waals surface area contributed by atoms with E-state index in [2.05, 4.69) is 13.2 Å². The van der Waals surface area contributed by atoms with E-state index in [1.165, 1.54) is 0 Å². The molecule has 4 rings (SSSR count). The number of amides is 2. The summed E-state index contributed by atoms with van der Waals surface area (Å²) in [5.41, 5.74) is 0.574. The van der Waals surface area contributed by atoms with Gasteiger partial charge in [0.15, 0.2) is 0 Å². The summed E-state index contributed by atoms with van der Waals surface area (Å²) in [6, 6.07) is 6.46. The van der Waals surface area contributed by atoms with Crippen LogP contribution in [-0.4, -0.2) is 70.1 Å². The van der Waals surface area contributed by atoms with Crippen molar-refractivity contribution in [2.24, 2.45) is 11.8 Å². The fourth-order valence-electron chi connectivity index (χ4n) is 6.43. The Kier molecular flexibility index (Phi) is 10.2. The Labute approximate surface area is 240 Å². The molecule has 5 atom stereocenters. The van der Waals surface area contributed by atoms with Crippen molar-refractivity contribution in [1.82, 2.24) is 4.90 Å². The van der Waals surface area contributed by atoms with Crippen molar-refractivity contribution in [1.29, 1.82) is 0 Å². The van der Waals surface area contributed by atoms with Crippen molar-refractivity contribution >= 4 is 46.8 Å². The number of hydrogen-bond acceptors (Lipinski definition) is 6. The molecule has 3 aliphatic rings. The largest absolute Gasteiger partial charge is 0.465 e. The highest BCUT2D eigenvalue weighted by Gasteiger charge is 2.74. The van der Waals surface area contributed by atoms with Crippen molar-refractivity contribution in [3.8, 4) is 0 Å². The van der Waals surface area contributed by atoms with E-state index in [1.807, 2.05) is 18.2 Å². The minimum atomic E-state index is -0.722. The Bertz CT molecular complexity index is 1080. The number of allylic oxidation sites excluding steroid dienone is 1. The third-order valence-corrected chi connectivity index (χ3v) is 10.4. The lowest BCUT2D eigenvalue weighted by Gasteiger charge is -2.37. The van der Waals surface area contributed by atoms with Gasteiger partial charge in [0.2, 0.25) is 5.91 Å². The molecule has 1 aromatic rings. The van der Waals surface area contributed by atoms with Gasteiger partial charge in [0.05, 0.1) is 33.9 Å². The van der Waals surface area contributed by atoms with Crippen molar-refractivity contribution < 1.29 is 24.2 Å². The molecule has 2 amide bonds. The highest BCUT2D eigenvalue weighted by Crippen LogP contribution is 2.66. The molecule has 0 radical (unpaired) electrons. The summed E-state index contributed by atoms with van der Waals surface area (Å²) in [6.07, 6.45) is 9.51. The zero-order valence-corrected chi connectivity index (χ0v) is 24.0. The molecule has 3 saturated heterocycles. The highest BCUT2D eigenvalue weighted by atomic mass is 35.5. The van der Waals surface area contributed by atoms with Gasteiger partial charge in [-0.1, -0.05) is 35.9 Å². The van der Waals surface area contributed by atoms with Crippen molar-refractivity contribution in [2.75, 3.05) is 31.2 Å². The molecule has 2 unspecified atom stereocenters. The van der Waals surface area contributed by atoms with Crippen LogP contribution >= 0.6 is 23.4 Å². The molecule has 7 nitrogen and oxygen atoms in total. The number of aliphatic hydroxyl groups is 1. The molecular weight excluding hydrogens is 536 g/mol. The summed E-state index contributed by atoms with van der Waals surface area (Å²) in [5.74, 6) is -1.81. The lowest BCUT2D eigenvalue weighted by molar-refractivity contribution is -0.154. The van der Waals surface area contributed by atoms with E-state index >= 15 is 0 Å². The number of anilines is 1. The van der Waals surface area contributed by atoms with Gasteiger partial charge in [0.1, 0.15) is 6.04 Å². The molecule has 0 saturated carbocycles. The van der Waals surface area contributed by atoms with Gasteiger partial charge in [-0.05, 0) is 63.5 Å². The van der Waals surface area contributed by atoms with Gasteiger partial charge in [-0.25, -0.2) is 0 Å². The standard InChI is InChI=1S/C30H39ClN2O5S/c1-3-5-6-12-20-38-29(37)24-23-15-16-30(39-23)25(24)27(35)33(18-10-7-11-19-34)26(30)28(36)32(17-4-2)22-14-9-8-13-21(22)31/h3-4,8-9,13-14,23-26,34H,1-2,5-7,10-12,15-20H2/t23-,24+,25-,26?,30?/m0/s1. The third kappa shape index (κ3) is 5.79. The van der Waals surface area contributed by atoms with Crippen LogP contribution in [0.25, 0.3) is 0 Å². The first-order valence-corrected chi connectivity index (χ1v) is 15.2. The van der Waals surface area contributed by atoms with E-state index in [-0.39, 0.29) is 36.2 Å². The summed E-state index contributed by atoms with van der Waals surface area (Å²) in [7, 11) is 0. The number of carbonyl (C=O) groups excluding carboxylic acids is 3. The van der Waals surface area contributed by atoms with Crippen LogP contribution in [0.2, 0.25) is 5.02 Å². The van der Waals surface area contributed by atoms with Crippen LogP contribution in [-0.2, 0) is 19.1 Å². The number of rotatable bonds is 15. The molecular formula is C30H39ClN2O5S. The van der Waals surface area contributed by atoms with Crippen LogP contribution in [0, 0.1) is 11.8 Å². The number of nitrogens with zero attached hydrogens (tertiary/aromatic N) is 2. The number of para-hydroxylation sites is 1. The van der Waals surface area contributed by atoms with Crippen molar-refractivity contribution in [3.05, 3.63) is 54.6 Å². The van der Waals surface area contributed by atoms with Crippen LogP contribution in [0.15, 0.2) is 49.6 Å². The molecule has 3 heterocycles.